The number of hydrogen-bond acceptors (Lipinski definition) is 1. The van der Waals surface area contributed by atoms with Gasteiger partial charge in [-0.25, -0.2) is 0 Å². The number of nitrogens with one attached hydrogen (secondary N) is 1. The van der Waals surface area contributed by atoms with Crippen molar-refractivity contribution in [2.45, 2.75) is 64.5 Å². The molecule has 2 aliphatic carbocycles. The third kappa shape index (κ3) is 1.73. The molecule has 6 unspecified atom stereocenters. The van der Waals surface area contributed by atoms with E-state index >= 15 is 0 Å². The van der Waals surface area contributed by atoms with Gasteiger partial charge < -0.3 is 5.32 Å². The van der Waals surface area contributed by atoms with Crippen molar-refractivity contribution in [1.82, 2.24) is 5.32 Å². The van der Waals surface area contributed by atoms with Crippen molar-refractivity contribution in [2.24, 2.45) is 23.7 Å². The van der Waals surface area contributed by atoms with E-state index in [1.165, 1.54) is 38.5 Å². The molecule has 3 rings (SSSR count). The maximum absolute atomic E-state index is 3.94. The Hall–Kier alpha value is -0.0400. The van der Waals surface area contributed by atoms with E-state index in [0.717, 1.165) is 35.8 Å². The highest BCUT2D eigenvalue weighted by atomic mass is 15.0. The molecule has 3 aliphatic rings. The van der Waals surface area contributed by atoms with E-state index in [1.807, 2.05) is 0 Å². The Labute approximate surface area is 94.0 Å². The van der Waals surface area contributed by atoms with Gasteiger partial charge in [0.05, 0.1) is 0 Å². The van der Waals surface area contributed by atoms with Crippen LogP contribution in [0.15, 0.2) is 0 Å². The zero-order valence-corrected chi connectivity index (χ0v) is 10.2. The van der Waals surface area contributed by atoms with Gasteiger partial charge in [0, 0.05) is 12.1 Å². The van der Waals surface area contributed by atoms with Gasteiger partial charge in [0.25, 0.3) is 0 Å². The Balaban J connectivity index is 1.75. The quantitative estimate of drug-likeness (QED) is 0.643. The molecule has 3 fully saturated rings. The molecule has 0 spiro atoms. The van der Waals surface area contributed by atoms with Gasteiger partial charge in [0.2, 0.25) is 0 Å². The molecule has 1 saturated heterocycles. The van der Waals surface area contributed by atoms with Gasteiger partial charge in [0.1, 0.15) is 0 Å². The summed E-state index contributed by atoms with van der Waals surface area (Å²) in [6.07, 6.45) is 8.84. The fourth-order valence-corrected chi connectivity index (χ4v) is 4.48. The van der Waals surface area contributed by atoms with Gasteiger partial charge in [-0.2, -0.15) is 0 Å². The lowest BCUT2D eigenvalue weighted by atomic mass is 9.69. The van der Waals surface area contributed by atoms with Crippen molar-refractivity contribution in [3.8, 4) is 0 Å². The summed E-state index contributed by atoms with van der Waals surface area (Å²) in [5, 5.41) is 3.94. The lowest BCUT2D eigenvalue weighted by Crippen LogP contribution is -2.35. The first-order chi connectivity index (χ1) is 7.24. The highest BCUT2D eigenvalue weighted by Gasteiger charge is 2.46. The Kier molecular flexibility index (Phi) is 2.54. The van der Waals surface area contributed by atoms with Crippen LogP contribution in [0.25, 0.3) is 0 Å². The van der Waals surface area contributed by atoms with Crippen LogP contribution in [0.1, 0.15) is 52.4 Å². The summed E-state index contributed by atoms with van der Waals surface area (Å²) in [6.45, 7) is 4.91. The van der Waals surface area contributed by atoms with Gasteiger partial charge in [0.15, 0.2) is 0 Å². The molecule has 15 heavy (non-hydrogen) atoms. The number of hydrogen-bond donors (Lipinski definition) is 1. The fourth-order valence-electron chi connectivity index (χ4n) is 4.48. The predicted octanol–water partition coefficient (Wildman–Crippen LogP) is 3.20. The fraction of sp³-hybridized carbons (Fsp3) is 1.00. The molecular weight excluding hydrogens is 182 g/mol. The smallest absolute Gasteiger partial charge is 0.0101 e. The van der Waals surface area contributed by atoms with E-state index in [2.05, 4.69) is 19.2 Å². The van der Waals surface area contributed by atoms with Crippen molar-refractivity contribution >= 4 is 0 Å². The zero-order chi connectivity index (χ0) is 10.4. The van der Waals surface area contributed by atoms with Gasteiger partial charge >= 0.3 is 0 Å². The van der Waals surface area contributed by atoms with Gasteiger partial charge in [-0.05, 0) is 62.2 Å². The first-order valence-corrected chi connectivity index (χ1v) is 7.00. The van der Waals surface area contributed by atoms with Gasteiger partial charge in [-0.3, -0.25) is 0 Å². The minimum atomic E-state index is 0.890. The van der Waals surface area contributed by atoms with E-state index in [4.69, 9.17) is 0 Å². The minimum absolute atomic E-state index is 0.890. The average molecular weight is 207 g/mol. The molecule has 86 valence electrons. The van der Waals surface area contributed by atoms with Crippen LogP contribution in [0, 0.1) is 23.7 Å². The van der Waals surface area contributed by atoms with Crippen molar-refractivity contribution < 1.29 is 0 Å². The summed E-state index contributed by atoms with van der Waals surface area (Å²) in [6, 6.07) is 1.78. The molecule has 0 bridgehead atoms. The molecule has 0 aromatic heterocycles. The predicted molar refractivity (Wildman–Crippen MR) is 63.7 cm³/mol. The third-order valence-electron chi connectivity index (χ3n) is 5.30. The van der Waals surface area contributed by atoms with Crippen molar-refractivity contribution in [3.05, 3.63) is 0 Å². The molecule has 1 heterocycles. The molecule has 2 saturated carbocycles. The first-order valence-electron chi connectivity index (χ1n) is 7.00. The molecule has 1 heteroatoms. The van der Waals surface area contributed by atoms with Crippen molar-refractivity contribution in [2.75, 3.05) is 0 Å². The van der Waals surface area contributed by atoms with E-state index < -0.39 is 0 Å². The van der Waals surface area contributed by atoms with Gasteiger partial charge in [-0.1, -0.05) is 13.8 Å². The third-order valence-corrected chi connectivity index (χ3v) is 5.30. The Bertz CT molecular complexity index is 213. The monoisotopic (exact) mass is 207 g/mol. The van der Waals surface area contributed by atoms with Crippen LogP contribution >= 0.6 is 0 Å². The standard InChI is InChI=1S/C14H25N/c1-9-3-5-13-11(7-9)12-8-10(2)4-6-14(12)15-13/h9-15H,3-8H2,1-2H3. The normalized spacial score (nSPS) is 54.8. The van der Waals surface area contributed by atoms with Gasteiger partial charge in [-0.15, -0.1) is 0 Å². The van der Waals surface area contributed by atoms with E-state index in [1.54, 1.807) is 0 Å². The molecule has 0 aromatic rings. The van der Waals surface area contributed by atoms with E-state index in [0.29, 0.717) is 0 Å². The Morgan fingerprint density at radius 3 is 1.67 bits per heavy atom. The zero-order valence-electron chi connectivity index (χ0n) is 10.2. The largest absolute Gasteiger partial charge is 0.311 e. The van der Waals surface area contributed by atoms with E-state index in [-0.39, 0.29) is 0 Å². The highest BCUT2D eigenvalue weighted by molar-refractivity contribution is 5.02. The molecule has 6 atom stereocenters. The summed E-state index contributed by atoms with van der Waals surface area (Å²) in [4.78, 5) is 0. The summed E-state index contributed by atoms with van der Waals surface area (Å²) < 4.78 is 0. The van der Waals surface area contributed by atoms with Crippen LogP contribution in [-0.4, -0.2) is 12.1 Å². The summed E-state index contributed by atoms with van der Waals surface area (Å²) >= 11 is 0. The molecular formula is C14H25N. The Morgan fingerprint density at radius 1 is 0.733 bits per heavy atom. The lowest BCUT2D eigenvalue weighted by Gasteiger charge is -2.35. The maximum atomic E-state index is 3.94. The minimum Gasteiger partial charge on any atom is -0.311 e. The number of fused-ring (bicyclic) bond motifs is 3. The molecule has 1 N–H and O–H groups in total. The topological polar surface area (TPSA) is 12.0 Å². The van der Waals surface area contributed by atoms with Crippen LogP contribution in [-0.2, 0) is 0 Å². The molecule has 1 aliphatic heterocycles. The second kappa shape index (κ2) is 3.76. The number of rotatable bonds is 0. The molecule has 0 aromatic carbocycles. The van der Waals surface area contributed by atoms with Crippen molar-refractivity contribution in [1.29, 1.82) is 0 Å². The highest BCUT2D eigenvalue weighted by Crippen LogP contribution is 2.46. The summed E-state index contributed by atoms with van der Waals surface area (Å²) in [7, 11) is 0. The van der Waals surface area contributed by atoms with Crippen LogP contribution < -0.4 is 5.32 Å². The summed E-state index contributed by atoms with van der Waals surface area (Å²) in [5.41, 5.74) is 0. The van der Waals surface area contributed by atoms with E-state index in [9.17, 15) is 0 Å². The molecule has 0 amide bonds. The lowest BCUT2D eigenvalue weighted by molar-refractivity contribution is 0.173. The van der Waals surface area contributed by atoms with Crippen LogP contribution in [0.2, 0.25) is 0 Å². The van der Waals surface area contributed by atoms with Crippen LogP contribution in [0.4, 0.5) is 0 Å². The Morgan fingerprint density at radius 2 is 1.20 bits per heavy atom. The molecule has 0 radical (unpaired) electrons. The average Bonchev–Trinajstić information content (AvgIpc) is 2.56. The van der Waals surface area contributed by atoms with Crippen molar-refractivity contribution in [3.63, 3.8) is 0 Å². The first kappa shape index (κ1) is 10.1. The molecule has 1 nitrogen and oxygen atoms in total. The second-order valence-electron chi connectivity index (χ2n) is 6.54. The van der Waals surface area contributed by atoms with Crippen LogP contribution in [0.3, 0.4) is 0 Å². The van der Waals surface area contributed by atoms with Crippen LogP contribution in [0.5, 0.6) is 0 Å². The SMILES string of the molecule is CC1CCC2NC3CCC(C)CC3C2C1. The maximum Gasteiger partial charge on any atom is 0.0101 e. The summed E-state index contributed by atoms with van der Waals surface area (Å²) in [5.74, 6) is 4.04. The second-order valence-corrected chi connectivity index (χ2v) is 6.54.